The fraction of sp³-hybridized carbons (Fsp3) is 0.700. The van der Waals surface area contributed by atoms with E-state index in [0.717, 1.165) is 5.69 Å². The van der Waals surface area contributed by atoms with Crippen molar-refractivity contribution in [1.29, 1.82) is 0 Å². The van der Waals surface area contributed by atoms with Gasteiger partial charge in [0.15, 0.2) is 0 Å². The first-order valence-electron chi connectivity index (χ1n) is 5.30. The summed E-state index contributed by atoms with van der Waals surface area (Å²) in [4.78, 5) is 11.0. The molecule has 0 bridgehead atoms. The highest BCUT2D eigenvalue weighted by molar-refractivity contribution is 5.73. The van der Waals surface area contributed by atoms with Crippen molar-refractivity contribution in [3.63, 3.8) is 0 Å². The molecule has 0 spiro atoms. The van der Waals surface area contributed by atoms with Crippen LogP contribution in [0.4, 0.5) is 0 Å². The van der Waals surface area contributed by atoms with E-state index in [4.69, 9.17) is 5.11 Å². The van der Waals surface area contributed by atoms with Gasteiger partial charge < -0.3 is 5.11 Å². The van der Waals surface area contributed by atoms with Gasteiger partial charge in [-0.3, -0.25) is 14.8 Å². The molecule has 1 rings (SSSR count). The Bertz CT molecular complexity index is 348. The lowest BCUT2D eigenvalue weighted by atomic mass is 10.0. The topological polar surface area (TPSA) is 80.0 Å². The summed E-state index contributed by atoms with van der Waals surface area (Å²) >= 11 is 0. The monoisotopic (exact) mass is 226 g/mol. The van der Waals surface area contributed by atoms with Crippen LogP contribution in [0, 0.1) is 5.92 Å². The van der Waals surface area contributed by atoms with E-state index in [0.29, 0.717) is 18.9 Å². The Morgan fingerprint density at radius 2 is 2.31 bits per heavy atom. The number of aliphatic carboxylic acids is 1. The number of nitrogens with zero attached hydrogens (tertiary/aromatic N) is 3. The maximum Gasteiger partial charge on any atom is 0.320 e. The Kier molecular flexibility index (Phi) is 4.42. The Morgan fingerprint density at radius 1 is 1.62 bits per heavy atom. The number of aromatic nitrogens is 3. The third kappa shape index (κ3) is 3.98. The van der Waals surface area contributed by atoms with E-state index >= 15 is 0 Å². The van der Waals surface area contributed by atoms with Gasteiger partial charge in [0.25, 0.3) is 0 Å². The van der Waals surface area contributed by atoms with Crippen LogP contribution in [0.2, 0.25) is 0 Å². The third-order valence-corrected chi connectivity index (χ3v) is 2.18. The normalized spacial score (nSPS) is 13.0. The zero-order valence-corrected chi connectivity index (χ0v) is 9.84. The van der Waals surface area contributed by atoms with Gasteiger partial charge in [0.05, 0.1) is 5.69 Å². The van der Waals surface area contributed by atoms with Crippen molar-refractivity contribution in [2.24, 2.45) is 13.0 Å². The minimum Gasteiger partial charge on any atom is -0.480 e. The fourth-order valence-corrected chi connectivity index (χ4v) is 1.45. The molecule has 1 aromatic heterocycles. The summed E-state index contributed by atoms with van der Waals surface area (Å²) in [6.45, 7) is 4.43. The molecule has 1 unspecified atom stereocenters. The number of hydrogen-bond acceptors (Lipinski definition) is 4. The SMILES string of the molecule is CC(C)CC(NCc1cn(C)nn1)C(=O)O. The van der Waals surface area contributed by atoms with E-state index in [1.165, 1.54) is 0 Å². The molecule has 6 nitrogen and oxygen atoms in total. The van der Waals surface area contributed by atoms with E-state index in [2.05, 4.69) is 15.6 Å². The molecule has 0 aliphatic heterocycles. The molecule has 0 aromatic carbocycles. The Hall–Kier alpha value is -1.43. The summed E-state index contributed by atoms with van der Waals surface area (Å²) in [5, 5.41) is 19.6. The summed E-state index contributed by atoms with van der Waals surface area (Å²) < 4.78 is 1.59. The molecule has 1 aromatic rings. The predicted octanol–water partition coefficient (Wildman–Crippen LogP) is 0.404. The van der Waals surface area contributed by atoms with E-state index in [9.17, 15) is 4.79 Å². The Balaban J connectivity index is 2.46. The third-order valence-electron chi connectivity index (χ3n) is 2.18. The summed E-state index contributed by atoms with van der Waals surface area (Å²) in [6, 6.07) is -0.526. The second kappa shape index (κ2) is 5.60. The van der Waals surface area contributed by atoms with E-state index in [1.807, 2.05) is 13.8 Å². The standard InChI is InChI=1S/C10H18N4O2/c1-7(2)4-9(10(15)16)11-5-8-6-14(3)13-12-8/h6-7,9,11H,4-5H2,1-3H3,(H,15,16). The number of aryl methyl sites for hydroxylation is 1. The number of carboxylic acid groups (broad SMARTS) is 1. The minimum atomic E-state index is -0.822. The van der Waals surface area contributed by atoms with Crippen LogP contribution in [0.3, 0.4) is 0 Å². The maximum absolute atomic E-state index is 11.0. The zero-order valence-electron chi connectivity index (χ0n) is 9.84. The summed E-state index contributed by atoms with van der Waals surface area (Å²) in [5.74, 6) is -0.479. The second-order valence-corrected chi connectivity index (χ2v) is 4.28. The molecule has 0 fully saturated rings. The van der Waals surface area contributed by atoms with E-state index < -0.39 is 12.0 Å². The summed E-state index contributed by atoms with van der Waals surface area (Å²) in [6.07, 6.45) is 2.37. The van der Waals surface area contributed by atoms with Crippen molar-refractivity contribution >= 4 is 5.97 Å². The molecule has 0 saturated heterocycles. The quantitative estimate of drug-likeness (QED) is 0.734. The van der Waals surface area contributed by atoms with Crippen molar-refractivity contribution in [1.82, 2.24) is 20.3 Å². The van der Waals surface area contributed by atoms with Crippen molar-refractivity contribution < 1.29 is 9.90 Å². The van der Waals surface area contributed by atoms with Gasteiger partial charge in [-0.1, -0.05) is 19.1 Å². The van der Waals surface area contributed by atoms with Gasteiger partial charge in [-0.15, -0.1) is 5.10 Å². The molecule has 0 saturated carbocycles. The van der Waals surface area contributed by atoms with Crippen LogP contribution in [-0.2, 0) is 18.4 Å². The highest BCUT2D eigenvalue weighted by Gasteiger charge is 2.18. The van der Waals surface area contributed by atoms with Crippen LogP contribution >= 0.6 is 0 Å². The van der Waals surface area contributed by atoms with Crippen LogP contribution in [0.15, 0.2) is 6.20 Å². The fourth-order valence-electron chi connectivity index (χ4n) is 1.45. The predicted molar refractivity (Wildman–Crippen MR) is 58.7 cm³/mol. The molecule has 0 amide bonds. The maximum atomic E-state index is 11.0. The Morgan fingerprint density at radius 3 is 2.75 bits per heavy atom. The largest absolute Gasteiger partial charge is 0.480 e. The lowest BCUT2D eigenvalue weighted by molar-refractivity contribution is -0.140. The molecule has 0 aliphatic rings. The molecule has 1 atom stereocenters. The van der Waals surface area contributed by atoms with Crippen molar-refractivity contribution in [2.45, 2.75) is 32.9 Å². The molecular formula is C10H18N4O2. The van der Waals surface area contributed by atoms with E-state index in [1.54, 1.807) is 17.9 Å². The first-order valence-corrected chi connectivity index (χ1v) is 5.30. The average Bonchev–Trinajstić information content (AvgIpc) is 2.58. The van der Waals surface area contributed by atoms with E-state index in [-0.39, 0.29) is 0 Å². The van der Waals surface area contributed by atoms with Gasteiger partial charge in [-0.25, -0.2) is 0 Å². The van der Waals surface area contributed by atoms with Gasteiger partial charge in [-0.2, -0.15) is 0 Å². The highest BCUT2D eigenvalue weighted by atomic mass is 16.4. The molecule has 6 heteroatoms. The Labute approximate surface area is 94.7 Å². The van der Waals surface area contributed by atoms with Gasteiger partial charge in [-0.05, 0) is 12.3 Å². The molecule has 16 heavy (non-hydrogen) atoms. The summed E-state index contributed by atoms with van der Waals surface area (Å²) in [7, 11) is 1.78. The van der Waals surface area contributed by atoms with Crippen LogP contribution in [0.25, 0.3) is 0 Å². The van der Waals surface area contributed by atoms with Crippen LogP contribution in [-0.4, -0.2) is 32.1 Å². The molecule has 0 radical (unpaired) electrons. The number of hydrogen-bond donors (Lipinski definition) is 2. The number of carboxylic acids is 1. The minimum absolute atomic E-state index is 0.343. The summed E-state index contributed by atoms with van der Waals surface area (Å²) in [5.41, 5.74) is 0.748. The number of nitrogens with one attached hydrogen (secondary N) is 1. The van der Waals surface area contributed by atoms with Crippen LogP contribution < -0.4 is 5.32 Å². The lowest BCUT2D eigenvalue weighted by Gasteiger charge is -2.15. The highest BCUT2D eigenvalue weighted by Crippen LogP contribution is 2.05. The lowest BCUT2D eigenvalue weighted by Crippen LogP contribution is -2.37. The van der Waals surface area contributed by atoms with Gasteiger partial charge in [0.1, 0.15) is 6.04 Å². The van der Waals surface area contributed by atoms with Crippen molar-refractivity contribution in [3.05, 3.63) is 11.9 Å². The van der Waals surface area contributed by atoms with Crippen LogP contribution in [0.1, 0.15) is 26.0 Å². The first-order chi connectivity index (χ1) is 7.49. The number of carbonyl (C=O) groups is 1. The molecule has 90 valence electrons. The van der Waals surface area contributed by atoms with Crippen LogP contribution in [0.5, 0.6) is 0 Å². The molecule has 2 N–H and O–H groups in total. The van der Waals surface area contributed by atoms with Gasteiger partial charge in [0.2, 0.25) is 0 Å². The van der Waals surface area contributed by atoms with Gasteiger partial charge >= 0.3 is 5.97 Å². The average molecular weight is 226 g/mol. The smallest absolute Gasteiger partial charge is 0.320 e. The first kappa shape index (κ1) is 12.6. The molecule has 0 aliphatic carbocycles. The molecular weight excluding hydrogens is 208 g/mol. The molecule has 1 heterocycles. The zero-order chi connectivity index (χ0) is 12.1. The number of rotatable bonds is 6. The second-order valence-electron chi connectivity index (χ2n) is 4.28. The van der Waals surface area contributed by atoms with Crippen molar-refractivity contribution in [3.8, 4) is 0 Å². The van der Waals surface area contributed by atoms with Gasteiger partial charge in [0, 0.05) is 19.8 Å². The van der Waals surface area contributed by atoms with Crippen molar-refractivity contribution in [2.75, 3.05) is 0 Å².